The quantitative estimate of drug-likeness (QED) is 0.389. The average Bonchev–Trinajstić information content (AvgIpc) is 2.35. The summed E-state index contributed by atoms with van der Waals surface area (Å²) >= 11 is 0. The van der Waals surface area contributed by atoms with Gasteiger partial charge in [0.15, 0.2) is 0 Å². The van der Waals surface area contributed by atoms with Crippen molar-refractivity contribution in [2.45, 2.75) is 26.3 Å². The zero-order chi connectivity index (χ0) is 14.9. The van der Waals surface area contributed by atoms with E-state index in [2.05, 4.69) is 0 Å². The third-order valence-electron chi connectivity index (χ3n) is 3.35. The second kappa shape index (κ2) is 5.28. The molecule has 0 radical (unpaired) electrons. The van der Waals surface area contributed by atoms with Gasteiger partial charge in [0.1, 0.15) is 5.69 Å². The van der Waals surface area contributed by atoms with Gasteiger partial charge in [-0.3, -0.25) is 24.6 Å². The molecule has 1 fully saturated rings. The van der Waals surface area contributed by atoms with Gasteiger partial charge in [0.05, 0.1) is 11.5 Å². The lowest BCUT2D eigenvalue weighted by atomic mass is 9.97. The van der Waals surface area contributed by atoms with Gasteiger partial charge in [-0.2, -0.15) is 0 Å². The molecule has 106 valence electrons. The van der Waals surface area contributed by atoms with Gasteiger partial charge < -0.3 is 5.73 Å². The molecule has 0 spiro atoms. The van der Waals surface area contributed by atoms with Crippen LogP contribution in [0.4, 0.5) is 11.4 Å². The Bertz CT molecular complexity index is 567. The van der Waals surface area contributed by atoms with Gasteiger partial charge in [0.25, 0.3) is 5.69 Å². The summed E-state index contributed by atoms with van der Waals surface area (Å²) in [6.45, 7) is 1.83. The van der Waals surface area contributed by atoms with Crippen LogP contribution < -0.4 is 5.73 Å². The highest BCUT2D eigenvalue weighted by atomic mass is 16.6. The molecule has 7 heteroatoms. The number of rotatable bonds is 3. The molecule has 2 N–H and O–H groups in total. The minimum atomic E-state index is -0.583. The summed E-state index contributed by atoms with van der Waals surface area (Å²) in [5.74, 6) is -0.493. The minimum absolute atomic E-state index is 0.00304. The van der Waals surface area contributed by atoms with Crippen LogP contribution in [0.25, 0.3) is 0 Å². The molecular formula is C13H15N3O4. The van der Waals surface area contributed by atoms with E-state index in [1.807, 2.05) is 6.92 Å². The number of carbonyl (C=O) groups is 2. The van der Waals surface area contributed by atoms with Gasteiger partial charge in [-0.15, -0.1) is 0 Å². The highest BCUT2D eigenvalue weighted by Crippen LogP contribution is 2.28. The molecule has 0 bridgehead atoms. The molecular weight excluding hydrogens is 262 g/mol. The number of hydrogen-bond donors (Lipinski definition) is 1. The van der Waals surface area contributed by atoms with E-state index in [1.165, 1.54) is 12.1 Å². The lowest BCUT2D eigenvalue weighted by Crippen LogP contribution is -2.42. The summed E-state index contributed by atoms with van der Waals surface area (Å²) in [6, 6.07) is 4.37. The molecule has 1 aliphatic rings. The Morgan fingerprint density at radius 2 is 1.95 bits per heavy atom. The number of nitrogens with zero attached hydrogens (tertiary/aromatic N) is 2. The smallest absolute Gasteiger partial charge is 0.292 e. The summed E-state index contributed by atoms with van der Waals surface area (Å²) in [4.78, 5) is 35.1. The highest BCUT2D eigenvalue weighted by molar-refractivity contribution is 5.97. The van der Waals surface area contributed by atoms with E-state index in [0.717, 1.165) is 4.90 Å². The first-order valence-corrected chi connectivity index (χ1v) is 6.25. The zero-order valence-electron chi connectivity index (χ0n) is 11.0. The molecule has 0 saturated carbocycles. The Hall–Kier alpha value is -2.44. The number of nitro benzene ring substituents is 1. The molecule has 1 aromatic carbocycles. The van der Waals surface area contributed by atoms with Crippen molar-refractivity contribution >= 4 is 23.2 Å². The molecule has 2 rings (SSSR count). The van der Waals surface area contributed by atoms with Crippen molar-refractivity contribution in [3.63, 3.8) is 0 Å². The fourth-order valence-electron chi connectivity index (χ4n) is 2.27. The summed E-state index contributed by atoms with van der Waals surface area (Å²) in [6.07, 6.45) is 0.612. The van der Waals surface area contributed by atoms with Gasteiger partial charge >= 0.3 is 0 Å². The number of benzene rings is 1. The van der Waals surface area contributed by atoms with E-state index >= 15 is 0 Å². The first-order chi connectivity index (χ1) is 9.40. The number of amides is 2. The monoisotopic (exact) mass is 277 g/mol. The lowest BCUT2D eigenvalue weighted by Gasteiger charge is -2.28. The van der Waals surface area contributed by atoms with Crippen LogP contribution >= 0.6 is 0 Å². The molecule has 1 aromatic rings. The number of likely N-dealkylation sites (tertiary alicyclic amines) is 1. The van der Waals surface area contributed by atoms with E-state index in [9.17, 15) is 19.7 Å². The molecule has 1 saturated heterocycles. The molecule has 0 aliphatic carbocycles. The Balaban J connectivity index is 2.26. The SMILES string of the molecule is CC1CC(=O)N(Cc2cccc([N+](=O)[O-])c2N)C(=O)C1. The first-order valence-electron chi connectivity index (χ1n) is 6.25. The van der Waals surface area contributed by atoms with E-state index in [4.69, 9.17) is 5.73 Å². The van der Waals surface area contributed by atoms with Gasteiger partial charge in [0.2, 0.25) is 11.8 Å². The lowest BCUT2D eigenvalue weighted by molar-refractivity contribution is -0.384. The molecule has 7 nitrogen and oxygen atoms in total. The maximum Gasteiger partial charge on any atom is 0.292 e. The second-order valence-electron chi connectivity index (χ2n) is 4.99. The molecule has 0 atom stereocenters. The van der Waals surface area contributed by atoms with E-state index in [0.29, 0.717) is 18.4 Å². The third-order valence-corrected chi connectivity index (χ3v) is 3.35. The standard InChI is InChI=1S/C13H15N3O4/c1-8-5-11(17)15(12(18)6-8)7-9-3-2-4-10(13(9)14)16(19)20/h2-4,8H,5-7,14H2,1H3. The van der Waals surface area contributed by atoms with Gasteiger partial charge in [-0.05, 0) is 5.92 Å². The summed E-state index contributed by atoms with van der Waals surface area (Å²) in [7, 11) is 0. The highest BCUT2D eigenvalue weighted by Gasteiger charge is 2.31. The first kappa shape index (κ1) is 14.0. The number of nitrogens with two attached hydrogens (primary N) is 1. The third kappa shape index (κ3) is 2.61. The topological polar surface area (TPSA) is 107 Å². The summed E-state index contributed by atoms with van der Waals surface area (Å²) in [5.41, 5.74) is 5.92. The Labute approximate surface area is 115 Å². The normalized spacial score (nSPS) is 16.6. The average molecular weight is 277 g/mol. The number of hydrogen-bond acceptors (Lipinski definition) is 5. The van der Waals surface area contributed by atoms with E-state index in [-0.39, 0.29) is 35.7 Å². The predicted molar refractivity (Wildman–Crippen MR) is 71.5 cm³/mol. The molecule has 1 heterocycles. The van der Waals surface area contributed by atoms with Crippen LogP contribution in [0.15, 0.2) is 18.2 Å². The van der Waals surface area contributed by atoms with E-state index in [1.54, 1.807) is 6.07 Å². The van der Waals surface area contributed by atoms with Crippen LogP contribution in [0.3, 0.4) is 0 Å². The number of anilines is 1. The predicted octanol–water partition coefficient (Wildman–Crippen LogP) is 1.46. The zero-order valence-corrected chi connectivity index (χ0v) is 11.0. The van der Waals surface area contributed by atoms with Crippen LogP contribution in [0, 0.1) is 16.0 Å². The van der Waals surface area contributed by atoms with E-state index < -0.39 is 4.92 Å². The van der Waals surface area contributed by atoms with Crippen LogP contribution in [0.5, 0.6) is 0 Å². The Morgan fingerprint density at radius 3 is 2.50 bits per heavy atom. The van der Waals surface area contributed by atoms with Crippen LogP contribution in [-0.2, 0) is 16.1 Å². The fourth-order valence-corrected chi connectivity index (χ4v) is 2.27. The maximum absolute atomic E-state index is 11.9. The van der Waals surface area contributed by atoms with Crippen molar-refractivity contribution in [3.8, 4) is 0 Å². The second-order valence-corrected chi connectivity index (χ2v) is 4.99. The number of piperidine rings is 1. The van der Waals surface area contributed by atoms with Gasteiger partial charge in [-0.25, -0.2) is 0 Å². The minimum Gasteiger partial charge on any atom is -0.393 e. The van der Waals surface area contributed by atoms with Crippen molar-refractivity contribution in [3.05, 3.63) is 33.9 Å². The summed E-state index contributed by atoms with van der Waals surface area (Å²) in [5, 5.41) is 10.8. The van der Waals surface area contributed by atoms with Crippen molar-refractivity contribution in [2.75, 3.05) is 5.73 Å². The summed E-state index contributed by atoms with van der Waals surface area (Å²) < 4.78 is 0. The van der Waals surface area contributed by atoms with Gasteiger partial charge in [0, 0.05) is 24.5 Å². The number of carbonyl (C=O) groups excluding carboxylic acids is 2. The molecule has 0 aromatic heterocycles. The largest absolute Gasteiger partial charge is 0.393 e. The molecule has 0 unspecified atom stereocenters. The fraction of sp³-hybridized carbons (Fsp3) is 0.385. The number of nitrogen functional groups attached to an aromatic ring is 1. The number of nitro groups is 1. The molecule has 2 amide bonds. The van der Waals surface area contributed by atoms with Crippen molar-refractivity contribution in [2.24, 2.45) is 5.92 Å². The maximum atomic E-state index is 11.9. The Kier molecular flexibility index (Phi) is 3.69. The van der Waals surface area contributed by atoms with Crippen molar-refractivity contribution < 1.29 is 14.5 Å². The van der Waals surface area contributed by atoms with Crippen LogP contribution in [-0.4, -0.2) is 21.6 Å². The molecule has 20 heavy (non-hydrogen) atoms. The van der Waals surface area contributed by atoms with Crippen LogP contribution in [0.1, 0.15) is 25.3 Å². The number of imide groups is 1. The van der Waals surface area contributed by atoms with Gasteiger partial charge in [-0.1, -0.05) is 19.1 Å². The van der Waals surface area contributed by atoms with Crippen molar-refractivity contribution in [1.29, 1.82) is 0 Å². The number of para-hydroxylation sites is 1. The molecule has 1 aliphatic heterocycles. The van der Waals surface area contributed by atoms with Crippen LogP contribution in [0.2, 0.25) is 0 Å². The van der Waals surface area contributed by atoms with Crippen molar-refractivity contribution in [1.82, 2.24) is 4.90 Å². The Morgan fingerprint density at radius 1 is 1.35 bits per heavy atom.